The van der Waals surface area contributed by atoms with Crippen molar-refractivity contribution in [2.24, 2.45) is 0 Å². The van der Waals surface area contributed by atoms with Crippen molar-refractivity contribution in [1.82, 2.24) is 14.8 Å². The van der Waals surface area contributed by atoms with Gasteiger partial charge in [-0.15, -0.1) is 0 Å². The van der Waals surface area contributed by atoms with Crippen LogP contribution in [-0.2, 0) is 22.4 Å². The minimum atomic E-state index is -0.644. The van der Waals surface area contributed by atoms with Crippen LogP contribution in [0.15, 0.2) is 60.7 Å². The second-order valence-electron chi connectivity index (χ2n) is 10.3. The van der Waals surface area contributed by atoms with Crippen LogP contribution in [0.1, 0.15) is 28.4 Å². The minimum absolute atomic E-state index is 0.000961. The first-order chi connectivity index (χ1) is 20.0. The molecule has 1 saturated heterocycles. The van der Waals surface area contributed by atoms with Crippen LogP contribution in [0, 0.1) is 0 Å². The molecule has 2 unspecified atom stereocenters. The Hall–Kier alpha value is -4.66. The van der Waals surface area contributed by atoms with Gasteiger partial charge in [0.05, 0.1) is 35.0 Å². The first kappa shape index (κ1) is 26.6. The molecule has 0 radical (unpaired) electrons. The largest absolute Gasteiger partial charge is 0.493 e. The van der Waals surface area contributed by atoms with Crippen molar-refractivity contribution in [1.29, 1.82) is 0 Å². The van der Waals surface area contributed by atoms with Crippen molar-refractivity contribution in [3.05, 3.63) is 83.0 Å². The van der Waals surface area contributed by atoms with Crippen LogP contribution in [0.2, 0.25) is 0 Å². The van der Waals surface area contributed by atoms with E-state index < -0.39 is 12.1 Å². The van der Waals surface area contributed by atoms with Gasteiger partial charge in [0.15, 0.2) is 23.0 Å². The van der Waals surface area contributed by atoms with Gasteiger partial charge in [-0.25, -0.2) is 0 Å². The molecule has 1 aromatic heterocycles. The Kier molecular flexibility index (Phi) is 6.95. The van der Waals surface area contributed by atoms with Gasteiger partial charge < -0.3 is 33.7 Å². The minimum Gasteiger partial charge on any atom is -0.493 e. The fourth-order valence-electron chi connectivity index (χ4n) is 6.26. The number of H-pyrrole nitrogens is 1. The van der Waals surface area contributed by atoms with E-state index >= 15 is 0 Å². The van der Waals surface area contributed by atoms with E-state index in [1.54, 1.807) is 38.2 Å². The number of methoxy groups -OCH3 is 4. The number of rotatable bonds is 8. The smallest absolute Gasteiger partial charge is 0.246 e. The highest BCUT2D eigenvalue weighted by Crippen LogP contribution is 2.47. The summed E-state index contributed by atoms with van der Waals surface area (Å²) in [6.07, 6.45) is 1.01. The molecule has 2 aliphatic rings. The van der Waals surface area contributed by atoms with Crippen LogP contribution in [0.3, 0.4) is 0 Å². The first-order valence-corrected chi connectivity index (χ1v) is 13.6. The van der Waals surface area contributed by atoms with Crippen LogP contribution in [0.5, 0.6) is 23.0 Å². The number of amides is 2. The molecule has 0 bridgehead atoms. The van der Waals surface area contributed by atoms with Gasteiger partial charge in [-0.2, -0.15) is 0 Å². The van der Waals surface area contributed by atoms with E-state index in [4.69, 9.17) is 18.9 Å². The Bertz CT molecular complexity index is 1630. The molecule has 0 spiro atoms. The molecular weight excluding hydrogens is 522 g/mol. The van der Waals surface area contributed by atoms with E-state index in [1.165, 1.54) is 0 Å². The number of aromatic nitrogens is 1. The Balaban J connectivity index is 1.38. The number of carbonyl (C=O) groups excluding carboxylic acids is 2. The summed E-state index contributed by atoms with van der Waals surface area (Å²) in [6, 6.07) is 18.2. The van der Waals surface area contributed by atoms with E-state index in [0.29, 0.717) is 42.4 Å². The van der Waals surface area contributed by atoms with Gasteiger partial charge >= 0.3 is 0 Å². The maximum atomic E-state index is 14.1. The average molecular weight is 556 g/mol. The summed E-state index contributed by atoms with van der Waals surface area (Å²) in [7, 11) is 6.37. The van der Waals surface area contributed by atoms with Gasteiger partial charge in [0.2, 0.25) is 11.8 Å². The number of fused-ring (bicyclic) bond motifs is 4. The van der Waals surface area contributed by atoms with Crippen molar-refractivity contribution in [2.45, 2.75) is 24.9 Å². The molecule has 6 rings (SSSR count). The summed E-state index contributed by atoms with van der Waals surface area (Å²) < 4.78 is 22.2. The number of nitrogens with one attached hydrogen (secondary N) is 1. The molecule has 3 aromatic carbocycles. The molecule has 2 amide bonds. The molecule has 41 heavy (non-hydrogen) atoms. The summed E-state index contributed by atoms with van der Waals surface area (Å²) in [6.45, 7) is 0.416. The maximum Gasteiger partial charge on any atom is 0.246 e. The fraction of sp³-hybridized carbons (Fsp3) is 0.312. The Morgan fingerprint density at radius 3 is 2.39 bits per heavy atom. The summed E-state index contributed by atoms with van der Waals surface area (Å²) in [4.78, 5) is 35.0. The van der Waals surface area contributed by atoms with E-state index in [-0.39, 0.29) is 18.4 Å². The molecule has 0 aliphatic carbocycles. The van der Waals surface area contributed by atoms with Crippen molar-refractivity contribution in [2.75, 3.05) is 41.5 Å². The predicted octanol–water partition coefficient (Wildman–Crippen LogP) is 4.13. The normalized spacial score (nSPS) is 18.2. The van der Waals surface area contributed by atoms with Crippen LogP contribution < -0.4 is 18.9 Å². The van der Waals surface area contributed by atoms with Gasteiger partial charge in [-0.05, 0) is 41.8 Å². The van der Waals surface area contributed by atoms with E-state index in [0.717, 1.165) is 33.3 Å². The molecule has 1 N–H and O–H groups in total. The third-order valence-electron chi connectivity index (χ3n) is 8.19. The maximum absolute atomic E-state index is 14.1. The van der Waals surface area contributed by atoms with E-state index in [9.17, 15) is 9.59 Å². The van der Waals surface area contributed by atoms with Crippen molar-refractivity contribution < 1.29 is 28.5 Å². The van der Waals surface area contributed by atoms with Crippen LogP contribution in [0.25, 0.3) is 10.9 Å². The van der Waals surface area contributed by atoms with Gasteiger partial charge in [-0.3, -0.25) is 9.59 Å². The molecule has 212 valence electrons. The Labute approximate surface area is 238 Å². The Morgan fingerprint density at radius 1 is 0.854 bits per heavy atom. The lowest BCUT2D eigenvalue weighted by Gasteiger charge is -2.47. The zero-order valence-corrected chi connectivity index (χ0v) is 23.6. The van der Waals surface area contributed by atoms with Gasteiger partial charge in [0, 0.05) is 35.1 Å². The van der Waals surface area contributed by atoms with Gasteiger partial charge in [0.1, 0.15) is 12.1 Å². The number of carbonyl (C=O) groups is 2. The average Bonchev–Trinajstić information content (AvgIpc) is 3.38. The fourth-order valence-corrected chi connectivity index (χ4v) is 6.26. The summed E-state index contributed by atoms with van der Waals surface area (Å²) in [5, 5.41) is 1.05. The monoisotopic (exact) mass is 555 g/mol. The highest BCUT2D eigenvalue weighted by Gasteiger charge is 2.49. The molecule has 9 nitrogen and oxygen atoms in total. The van der Waals surface area contributed by atoms with Crippen LogP contribution in [0.4, 0.5) is 0 Å². The third-order valence-corrected chi connectivity index (χ3v) is 8.19. The number of benzene rings is 3. The second-order valence-corrected chi connectivity index (χ2v) is 10.3. The molecule has 3 heterocycles. The summed E-state index contributed by atoms with van der Waals surface area (Å²) in [5.41, 5.74) is 4.67. The van der Waals surface area contributed by atoms with Gasteiger partial charge in [-0.1, -0.05) is 36.4 Å². The highest BCUT2D eigenvalue weighted by atomic mass is 16.5. The zero-order chi connectivity index (χ0) is 28.7. The number of nitrogens with zero attached hydrogens (tertiary/aromatic N) is 2. The van der Waals surface area contributed by atoms with Crippen LogP contribution in [-0.4, -0.2) is 74.2 Å². The predicted molar refractivity (Wildman–Crippen MR) is 154 cm³/mol. The highest BCUT2D eigenvalue weighted by molar-refractivity contribution is 5.97. The molecule has 0 saturated carbocycles. The second kappa shape index (κ2) is 10.7. The van der Waals surface area contributed by atoms with Crippen LogP contribution >= 0.6 is 0 Å². The van der Waals surface area contributed by atoms with Crippen molar-refractivity contribution in [3.63, 3.8) is 0 Å². The van der Waals surface area contributed by atoms with E-state index in [2.05, 4.69) is 11.1 Å². The molecule has 2 aliphatic heterocycles. The SMILES string of the molecule is COc1ccc(CCN2CC(=O)N3C(Cc4c([nH]c5ccccc45)C3c3cccc(OC)c3OC)C2=O)cc1OC. The van der Waals surface area contributed by atoms with Crippen molar-refractivity contribution >= 4 is 22.7 Å². The lowest BCUT2D eigenvalue weighted by atomic mass is 9.85. The Morgan fingerprint density at radius 2 is 1.63 bits per heavy atom. The topological polar surface area (TPSA) is 93.3 Å². The number of aromatic amines is 1. The zero-order valence-electron chi connectivity index (χ0n) is 23.6. The standard InChI is InChI=1S/C32H33N3O6/c1-38-25-13-12-19(16-27(25)40-3)14-15-34-18-28(36)35-24(32(34)37)17-22-20-8-5-6-10-23(20)33-29(22)30(35)21-9-7-11-26(39-2)31(21)41-4/h5-13,16,24,30,33H,14-15,17-18H2,1-4H3. The third kappa shape index (κ3) is 4.41. The van der Waals surface area contributed by atoms with Gasteiger partial charge in [0.25, 0.3) is 0 Å². The lowest BCUT2D eigenvalue weighted by Crippen LogP contribution is -2.63. The quantitative estimate of drug-likeness (QED) is 0.352. The van der Waals surface area contributed by atoms with E-state index in [1.807, 2.05) is 54.6 Å². The molecule has 4 aromatic rings. The molecule has 9 heteroatoms. The lowest BCUT2D eigenvalue weighted by molar-refractivity contribution is -0.158. The molecule has 1 fully saturated rings. The summed E-state index contributed by atoms with van der Waals surface area (Å²) in [5.74, 6) is 2.21. The molecular formula is C32H33N3O6. The van der Waals surface area contributed by atoms with Crippen molar-refractivity contribution in [3.8, 4) is 23.0 Å². The molecule has 2 atom stereocenters. The number of hydrogen-bond donors (Lipinski definition) is 1. The number of piperazine rings is 1. The first-order valence-electron chi connectivity index (χ1n) is 13.6. The number of ether oxygens (including phenoxy) is 4. The number of hydrogen-bond acceptors (Lipinski definition) is 6. The number of para-hydroxylation sites is 2. The summed E-state index contributed by atoms with van der Waals surface area (Å²) >= 11 is 0.